The minimum absolute atomic E-state index is 0.0220. The molecule has 2 aliphatic rings. The van der Waals surface area contributed by atoms with Gasteiger partial charge in [-0.1, -0.05) is 49.7 Å². The van der Waals surface area contributed by atoms with Gasteiger partial charge in [0.05, 0.1) is 0 Å². The SMILES string of the molecule is CC(C)c1ccc(/C(=C\[C@H]2CCC(=O)N2)c2ccc(C3CC3)c(=O)[nH]2)cc1Cl. The second-order valence-electron chi connectivity index (χ2n) is 8.11. The van der Waals surface area contributed by atoms with E-state index in [-0.39, 0.29) is 17.5 Å². The Balaban J connectivity index is 1.77. The summed E-state index contributed by atoms with van der Waals surface area (Å²) in [5.41, 5.74) is 4.52. The van der Waals surface area contributed by atoms with Crippen LogP contribution in [0.3, 0.4) is 0 Å². The number of halogens is 1. The predicted molar refractivity (Wildman–Crippen MR) is 113 cm³/mol. The highest BCUT2D eigenvalue weighted by Gasteiger charge is 2.27. The third kappa shape index (κ3) is 3.93. The van der Waals surface area contributed by atoms with Gasteiger partial charge in [0.25, 0.3) is 5.56 Å². The van der Waals surface area contributed by atoms with E-state index in [1.54, 1.807) is 0 Å². The maximum absolute atomic E-state index is 12.6. The van der Waals surface area contributed by atoms with E-state index in [9.17, 15) is 9.59 Å². The van der Waals surface area contributed by atoms with Crippen LogP contribution < -0.4 is 10.9 Å². The van der Waals surface area contributed by atoms with Gasteiger partial charge in [0.2, 0.25) is 5.91 Å². The standard InChI is InChI=1S/C23H25ClN2O2/c1-13(2)17-7-5-15(11-20(17)24)19(12-16-6-10-22(27)25-16)21-9-8-18(14-3-4-14)23(28)26-21/h5,7-9,11-14,16H,3-4,6,10H2,1-2H3,(H,25,27)(H,26,28)/b19-12+/t16-/m1/s1. The molecule has 1 aromatic carbocycles. The minimum Gasteiger partial charge on any atom is -0.350 e. The molecule has 1 amide bonds. The molecule has 1 saturated carbocycles. The molecule has 146 valence electrons. The largest absolute Gasteiger partial charge is 0.350 e. The fraction of sp³-hybridized carbons (Fsp3) is 0.391. The first kappa shape index (κ1) is 19.0. The number of pyridine rings is 1. The van der Waals surface area contributed by atoms with Crippen LogP contribution in [0.1, 0.15) is 73.8 Å². The number of carbonyl (C=O) groups excluding carboxylic acids is 1. The third-order valence-corrected chi connectivity index (χ3v) is 5.90. The van der Waals surface area contributed by atoms with E-state index in [0.717, 1.165) is 47.2 Å². The van der Waals surface area contributed by atoms with Crippen LogP contribution in [0.25, 0.3) is 5.57 Å². The quantitative estimate of drug-likeness (QED) is 0.766. The van der Waals surface area contributed by atoms with Crippen molar-refractivity contribution in [3.8, 4) is 0 Å². The zero-order valence-corrected chi connectivity index (χ0v) is 17.0. The number of aromatic nitrogens is 1. The molecule has 4 nitrogen and oxygen atoms in total. The van der Waals surface area contributed by atoms with Gasteiger partial charge in [-0.3, -0.25) is 9.59 Å². The van der Waals surface area contributed by atoms with Crippen LogP contribution in [0.4, 0.5) is 0 Å². The molecule has 1 atom stereocenters. The zero-order valence-electron chi connectivity index (χ0n) is 16.2. The van der Waals surface area contributed by atoms with Gasteiger partial charge in [-0.2, -0.15) is 0 Å². The maximum atomic E-state index is 12.6. The molecule has 1 aliphatic carbocycles. The molecule has 2 N–H and O–H groups in total. The average Bonchev–Trinajstić information content (AvgIpc) is 3.40. The van der Waals surface area contributed by atoms with Crippen LogP contribution in [0.2, 0.25) is 5.02 Å². The molecule has 1 saturated heterocycles. The van der Waals surface area contributed by atoms with Gasteiger partial charge in [-0.15, -0.1) is 0 Å². The lowest BCUT2D eigenvalue weighted by Gasteiger charge is -2.15. The Morgan fingerprint density at radius 2 is 1.93 bits per heavy atom. The minimum atomic E-state index is -0.0438. The summed E-state index contributed by atoms with van der Waals surface area (Å²) >= 11 is 6.53. The summed E-state index contributed by atoms with van der Waals surface area (Å²) in [7, 11) is 0. The van der Waals surface area contributed by atoms with Gasteiger partial charge in [0, 0.05) is 34.3 Å². The van der Waals surface area contributed by atoms with Gasteiger partial charge in [-0.05, 0) is 54.4 Å². The fourth-order valence-electron chi connectivity index (χ4n) is 3.83. The number of nitrogens with one attached hydrogen (secondary N) is 2. The number of hydrogen-bond acceptors (Lipinski definition) is 2. The molecular weight excluding hydrogens is 372 g/mol. The molecule has 0 unspecified atom stereocenters. The Morgan fingerprint density at radius 3 is 2.50 bits per heavy atom. The Labute approximate surface area is 170 Å². The summed E-state index contributed by atoms with van der Waals surface area (Å²) in [5, 5.41) is 3.70. The summed E-state index contributed by atoms with van der Waals surface area (Å²) in [5.74, 6) is 0.797. The lowest BCUT2D eigenvalue weighted by atomic mass is 9.95. The highest BCUT2D eigenvalue weighted by molar-refractivity contribution is 6.31. The van der Waals surface area contributed by atoms with Crippen LogP contribution in [0.5, 0.6) is 0 Å². The molecule has 2 aromatic rings. The Bertz CT molecular complexity index is 1000. The van der Waals surface area contributed by atoms with Crippen molar-refractivity contribution in [2.24, 2.45) is 0 Å². The molecule has 0 spiro atoms. The normalized spacial score (nSPS) is 19.9. The van der Waals surface area contributed by atoms with Gasteiger partial charge in [-0.25, -0.2) is 0 Å². The van der Waals surface area contributed by atoms with E-state index < -0.39 is 0 Å². The lowest BCUT2D eigenvalue weighted by Crippen LogP contribution is -2.23. The first-order valence-electron chi connectivity index (χ1n) is 9.97. The molecule has 1 aliphatic heterocycles. The van der Waals surface area contributed by atoms with E-state index in [2.05, 4.69) is 24.1 Å². The zero-order chi connectivity index (χ0) is 19.8. The molecule has 1 aromatic heterocycles. The average molecular weight is 397 g/mol. The number of H-pyrrole nitrogens is 1. The third-order valence-electron chi connectivity index (χ3n) is 5.58. The van der Waals surface area contributed by atoms with Crippen molar-refractivity contribution < 1.29 is 4.79 Å². The molecule has 28 heavy (non-hydrogen) atoms. The van der Waals surface area contributed by atoms with Crippen molar-refractivity contribution in [2.45, 2.75) is 57.4 Å². The van der Waals surface area contributed by atoms with E-state index in [4.69, 9.17) is 11.6 Å². The number of aromatic amines is 1. The van der Waals surface area contributed by atoms with Gasteiger partial charge >= 0.3 is 0 Å². The van der Waals surface area contributed by atoms with Crippen molar-refractivity contribution in [3.05, 3.63) is 74.2 Å². The van der Waals surface area contributed by atoms with Crippen molar-refractivity contribution in [1.82, 2.24) is 10.3 Å². The molecule has 4 rings (SSSR count). The Morgan fingerprint density at radius 1 is 1.14 bits per heavy atom. The van der Waals surface area contributed by atoms with Crippen molar-refractivity contribution in [3.63, 3.8) is 0 Å². The molecular formula is C23H25ClN2O2. The lowest BCUT2D eigenvalue weighted by molar-refractivity contribution is -0.119. The van der Waals surface area contributed by atoms with Crippen molar-refractivity contribution >= 4 is 23.1 Å². The fourth-order valence-corrected chi connectivity index (χ4v) is 4.22. The van der Waals surface area contributed by atoms with Crippen LogP contribution >= 0.6 is 11.6 Å². The second-order valence-corrected chi connectivity index (χ2v) is 8.52. The highest BCUT2D eigenvalue weighted by Crippen LogP contribution is 2.38. The summed E-state index contributed by atoms with van der Waals surface area (Å²) < 4.78 is 0. The molecule has 2 heterocycles. The van der Waals surface area contributed by atoms with Crippen LogP contribution in [0, 0.1) is 0 Å². The van der Waals surface area contributed by atoms with E-state index >= 15 is 0 Å². The second kappa shape index (κ2) is 7.59. The summed E-state index contributed by atoms with van der Waals surface area (Å²) in [4.78, 5) is 27.3. The van der Waals surface area contributed by atoms with Crippen molar-refractivity contribution in [2.75, 3.05) is 0 Å². The van der Waals surface area contributed by atoms with Crippen molar-refractivity contribution in [1.29, 1.82) is 0 Å². The molecule has 2 fully saturated rings. The van der Waals surface area contributed by atoms with E-state index in [1.807, 2.05) is 36.4 Å². The van der Waals surface area contributed by atoms with Crippen LogP contribution in [-0.2, 0) is 4.79 Å². The maximum Gasteiger partial charge on any atom is 0.251 e. The summed E-state index contributed by atoms with van der Waals surface area (Å²) in [6, 6.07) is 9.90. The summed E-state index contributed by atoms with van der Waals surface area (Å²) in [6.07, 6.45) is 5.49. The van der Waals surface area contributed by atoms with Gasteiger partial charge in [0.1, 0.15) is 0 Å². The molecule has 5 heteroatoms. The first-order chi connectivity index (χ1) is 13.4. The number of benzene rings is 1. The summed E-state index contributed by atoms with van der Waals surface area (Å²) in [6.45, 7) is 4.22. The number of amides is 1. The Hall–Kier alpha value is -2.33. The predicted octanol–water partition coefficient (Wildman–Crippen LogP) is 4.74. The smallest absolute Gasteiger partial charge is 0.251 e. The number of hydrogen-bond donors (Lipinski definition) is 2. The number of carbonyl (C=O) groups is 1. The van der Waals surface area contributed by atoms with E-state index in [0.29, 0.717) is 23.3 Å². The number of rotatable bonds is 5. The van der Waals surface area contributed by atoms with Crippen LogP contribution in [0.15, 0.2) is 41.2 Å². The highest BCUT2D eigenvalue weighted by atomic mass is 35.5. The van der Waals surface area contributed by atoms with Gasteiger partial charge < -0.3 is 10.3 Å². The first-order valence-corrected chi connectivity index (χ1v) is 10.3. The molecule has 0 radical (unpaired) electrons. The van der Waals surface area contributed by atoms with Crippen LogP contribution in [-0.4, -0.2) is 16.9 Å². The topological polar surface area (TPSA) is 62.0 Å². The van der Waals surface area contributed by atoms with Gasteiger partial charge in [0.15, 0.2) is 0 Å². The van der Waals surface area contributed by atoms with E-state index in [1.165, 1.54) is 0 Å². The monoisotopic (exact) mass is 396 g/mol. The Kier molecular flexibility index (Phi) is 5.15. The molecule has 0 bridgehead atoms.